The van der Waals surface area contributed by atoms with E-state index in [4.69, 9.17) is 23.7 Å². The van der Waals surface area contributed by atoms with Crippen LogP contribution < -0.4 is 0 Å². The number of rotatable bonds is 11. The molecule has 7 atom stereocenters. The Morgan fingerprint density at radius 3 is 2.49 bits per heavy atom. The predicted octanol–water partition coefficient (Wildman–Crippen LogP) is 3.59. The van der Waals surface area contributed by atoms with Crippen molar-refractivity contribution in [1.29, 1.82) is 0 Å². The molecular weight excluding hydrogens is 477 g/mol. The van der Waals surface area contributed by atoms with Crippen LogP contribution >= 0.6 is 8.46 Å². The van der Waals surface area contributed by atoms with E-state index in [9.17, 15) is 19.3 Å². The van der Waals surface area contributed by atoms with Crippen LogP contribution in [-0.4, -0.2) is 84.7 Å². The number of carboxylic acid groups (broad SMARTS) is 1. The van der Waals surface area contributed by atoms with Gasteiger partial charge >= 0.3 is 11.9 Å². The highest BCUT2D eigenvalue weighted by atomic mass is 31.1. The number of hydrogen-bond acceptors (Lipinski definition) is 9. The number of esters is 1. The average molecular weight is 518 g/mol. The van der Waals surface area contributed by atoms with Crippen LogP contribution in [0.4, 0.5) is 0 Å². The van der Waals surface area contributed by atoms with Crippen LogP contribution in [0.3, 0.4) is 0 Å². The highest BCUT2D eigenvalue weighted by Gasteiger charge is 2.47. The number of carbonyl (C=O) groups is 2. The minimum atomic E-state index is -1.17. The van der Waals surface area contributed by atoms with Crippen LogP contribution in [0.2, 0.25) is 0 Å². The van der Waals surface area contributed by atoms with E-state index < -0.39 is 47.3 Å². The Labute approximate surface area is 209 Å². The molecule has 1 fully saturated rings. The third-order valence-corrected chi connectivity index (χ3v) is 7.61. The molecule has 11 heteroatoms. The second-order valence-corrected chi connectivity index (χ2v) is 11.2. The molecule has 0 saturated carbocycles. The lowest BCUT2D eigenvalue weighted by Crippen LogP contribution is -2.55. The van der Waals surface area contributed by atoms with Gasteiger partial charge in [0.25, 0.3) is 0 Å². The lowest BCUT2D eigenvalue weighted by molar-refractivity contribution is -0.256. The Morgan fingerprint density at radius 2 is 1.97 bits per heavy atom. The number of methoxy groups -OCH3 is 1. The first-order valence-electron chi connectivity index (χ1n) is 11.8. The Bertz CT molecular complexity index is 830. The van der Waals surface area contributed by atoms with E-state index in [1.165, 1.54) is 7.11 Å². The first-order valence-corrected chi connectivity index (χ1v) is 12.7. The quantitative estimate of drug-likeness (QED) is 0.321. The van der Waals surface area contributed by atoms with Crippen molar-refractivity contribution in [3.05, 3.63) is 11.3 Å². The molecule has 2 aliphatic rings. The second-order valence-electron chi connectivity index (χ2n) is 10.4. The summed E-state index contributed by atoms with van der Waals surface area (Å²) in [6.07, 6.45) is -0.883. The van der Waals surface area contributed by atoms with Gasteiger partial charge in [-0.1, -0.05) is 6.92 Å². The van der Waals surface area contributed by atoms with Crippen molar-refractivity contribution in [2.45, 2.75) is 102 Å². The maximum Gasteiger partial charge on any atom is 0.340 e. The average Bonchev–Trinajstić information content (AvgIpc) is 2.75. The van der Waals surface area contributed by atoms with E-state index in [-0.39, 0.29) is 33.4 Å². The standard InChI is InChI=1S/C24H40NO9P/c1-13(20(26)27)12-24(6,30-9)18(11-17-15(3)21(28)34-23(4,5)33-17)32-22-19(35-29)16(25(7)8)10-14(2)31-22/h13-14,16,18-19,22H,10-12H2,1-9H3,(H,26,27)/t13-,14-,16?,18-,19-,22+,24-/m1/s1. The molecule has 0 aliphatic carbocycles. The number of nitrogens with zero attached hydrogens (tertiary/aromatic N) is 1. The van der Waals surface area contributed by atoms with E-state index in [2.05, 4.69) is 0 Å². The summed E-state index contributed by atoms with van der Waals surface area (Å²) in [4.78, 5) is 26.1. The molecule has 0 spiro atoms. The highest BCUT2D eigenvalue weighted by Crippen LogP contribution is 2.39. The van der Waals surface area contributed by atoms with E-state index in [1.807, 2.05) is 25.9 Å². The summed E-state index contributed by atoms with van der Waals surface area (Å²) in [6, 6.07) is -0.0592. The molecule has 0 radical (unpaired) electrons. The van der Waals surface area contributed by atoms with Gasteiger partial charge in [-0.15, -0.1) is 0 Å². The molecule has 2 aliphatic heterocycles. The summed E-state index contributed by atoms with van der Waals surface area (Å²) in [5.74, 6) is -3.00. The summed E-state index contributed by atoms with van der Waals surface area (Å²) in [7, 11) is 5.20. The number of hydrogen-bond donors (Lipinski definition) is 1. The van der Waals surface area contributed by atoms with Crippen molar-refractivity contribution in [2.75, 3.05) is 21.2 Å². The number of carboxylic acids is 1. The number of cyclic esters (lactones) is 1. The monoisotopic (exact) mass is 517 g/mol. The topological polar surface area (TPSA) is 121 Å². The summed E-state index contributed by atoms with van der Waals surface area (Å²) >= 11 is 0. The van der Waals surface area contributed by atoms with Gasteiger partial charge in [0, 0.05) is 33.4 Å². The Balaban J connectivity index is 2.48. The third-order valence-electron chi connectivity index (χ3n) is 6.78. The molecule has 1 saturated heterocycles. The van der Waals surface area contributed by atoms with Gasteiger partial charge in [-0.05, 0) is 47.7 Å². The van der Waals surface area contributed by atoms with Gasteiger partial charge in [-0.2, -0.15) is 0 Å². The fourth-order valence-electron chi connectivity index (χ4n) is 4.56. The highest BCUT2D eigenvalue weighted by molar-refractivity contribution is 7.24. The zero-order valence-electron chi connectivity index (χ0n) is 22.2. The summed E-state index contributed by atoms with van der Waals surface area (Å²) in [5.41, 5.74) is -1.28. The summed E-state index contributed by atoms with van der Waals surface area (Å²) in [6.45, 7) is 10.2. The first-order chi connectivity index (χ1) is 16.1. The molecule has 0 amide bonds. The van der Waals surface area contributed by atoms with Crippen LogP contribution in [-0.2, 0) is 37.8 Å². The normalized spacial score (nSPS) is 30.4. The van der Waals surface area contributed by atoms with E-state index in [1.54, 1.807) is 34.6 Å². The minimum Gasteiger partial charge on any atom is -0.481 e. The maximum absolute atomic E-state index is 12.5. The molecule has 1 N–H and O–H groups in total. The smallest absolute Gasteiger partial charge is 0.340 e. The largest absolute Gasteiger partial charge is 0.481 e. The fourth-order valence-corrected chi connectivity index (χ4v) is 5.33. The molecule has 2 heterocycles. The Morgan fingerprint density at radius 1 is 1.34 bits per heavy atom. The minimum absolute atomic E-state index is 0.0592. The van der Waals surface area contributed by atoms with Crippen LogP contribution in [0.1, 0.15) is 60.8 Å². The van der Waals surface area contributed by atoms with Crippen molar-refractivity contribution in [3.63, 3.8) is 0 Å². The Hall–Kier alpha value is -1.58. The molecule has 35 heavy (non-hydrogen) atoms. The predicted molar refractivity (Wildman–Crippen MR) is 128 cm³/mol. The van der Waals surface area contributed by atoms with Gasteiger partial charge in [-0.3, -0.25) is 9.36 Å². The fraction of sp³-hybridized carbons (Fsp3) is 0.833. The van der Waals surface area contributed by atoms with Gasteiger partial charge in [-0.25, -0.2) is 4.79 Å². The second kappa shape index (κ2) is 11.6. The molecule has 200 valence electrons. The Kier molecular flexibility index (Phi) is 9.87. The van der Waals surface area contributed by atoms with Crippen molar-refractivity contribution in [1.82, 2.24) is 4.90 Å². The van der Waals surface area contributed by atoms with E-state index in [0.29, 0.717) is 17.8 Å². The lowest BCUT2D eigenvalue weighted by Gasteiger charge is -2.45. The van der Waals surface area contributed by atoms with Crippen LogP contribution in [0.5, 0.6) is 0 Å². The van der Waals surface area contributed by atoms with Crippen LogP contribution in [0, 0.1) is 5.92 Å². The third kappa shape index (κ3) is 7.23. The molecule has 0 aromatic carbocycles. The number of carbonyl (C=O) groups excluding carboxylic acids is 1. The number of aliphatic carboxylic acids is 1. The van der Waals surface area contributed by atoms with Crippen molar-refractivity contribution >= 4 is 20.4 Å². The van der Waals surface area contributed by atoms with Gasteiger partial charge in [0.15, 0.2) is 14.8 Å². The molecule has 0 aromatic heterocycles. The van der Waals surface area contributed by atoms with Gasteiger partial charge < -0.3 is 33.7 Å². The van der Waals surface area contributed by atoms with Gasteiger partial charge in [0.1, 0.15) is 11.4 Å². The van der Waals surface area contributed by atoms with Crippen LogP contribution in [0.25, 0.3) is 0 Å². The summed E-state index contributed by atoms with van der Waals surface area (Å²) in [5, 5.41) is 9.56. The van der Waals surface area contributed by atoms with E-state index in [0.717, 1.165) is 0 Å². The molecule has 0 bridgehead atoms. The lowest BCUT2D eigenvalue weighted by atomic mass is 9.85. The molecule has 1 unspecified atom stereocenters. The molecule has 0 aromatic rings. The zero-order valence-corrected chi connectivity index (χ0v) is 23.1. The molecular formula is C24H40NO9P. The number of ether oxygens (including phenoxy) is 5. The van der Waals surface area contributed by atoms with Crippen molar-refractivity contribution < 1.29 is 42.9 Å². The van der Waals surface area contributed by atoms with Gasteiger partial charge in [0.2, 0.25) is 5.79 Å². The molecule has 2 rings (SSSR count). The van der Waals surface area contributed by atoms with Gasteiger partial charge in [0.05, 0.1) is 29.3 Å². The SMILES string of the molecule is CO[C@](C)(C[C@@H](C)C(=O)O)[C@@H](CC1=C(C)C(=O)OC(C)(C)O1)O[C@@H]1O[C@H](C)CC(N(C)C)[C@H]1P=O. The first kappa shape index (κ1) is 29.6. The maximum atomic E-state index is 12.5. The van der Waals surface area contributed by atoms with Crippen LogP contribution in [0.15, 0.2) is 11.3 Å². The van der Waals surface area contributed by atoms with Crippen molar-refractivity contribution in [3.8, 4) is 0 Å². The molecule has 10 nitrogen and oxygen atoms in total. The zero-order chi connectivity index (χ0) is 26.7. The van der Waals surface area contributed by atoms with Crippen molar-refractivity contribution in [2.24, 2.45) is 5.92 Å². The van der Waals surface area contributed by atoms with E-state index >= 15 is 0 Å². The summed E-state index contributed by atoms with van der Waals surface area (Å²) < 4.78 is 42.0.